The van der Waals surface area contributed by atoms with Crippen molar-refractivity contribution in [2.75, 3.05) is 14.2 Å². The molecule has 0 unspecified atom stereocenters. The highest BCUT2D eigenvalue weighted by Gasteiger charge is 2.13. The minimum absolute atomic E-state index is 0.196. The second kappa shape index (κ2) is 9.14. The standard InChI is InChI=1S/C24H20N2O5S2/c1-26-11-9-16(10-12-26)13-19(17-3-5-18(6-4-17)24(27)31-2)14-23-25-21-15-20(33(28,29)30)7-8-22(21)32-23/h3-15H,1-2H3,(H,28,29,30)/b19-14-. The summed E-state index contributed by atoms with van der Waals surface area (Å²) in [7, 11) is -1.03. The van der Waals surface area contributed by atoms with Gasteiger partial charge in [0.2, 0.25) is 0 Å². The molecule has 0 saturated carbocycles. The number of aromatic nitrogens is 1. The maximum absolute atomic E-state index is 11.8. The van der Waals surface area contributed by atoms with Crippen LogP contribution in [0.4, 0.5) is 0 Å². The van der Waals surface area contributed by atoms with Gasteiger partial charge in [0.1, 0.15) is 5.01 Å². The highest BCUT2D eigenvalue weighted by Crippen LogP contribution is 2.29. The van der Waals surface area contributed by atoms with Crippen LogP contribution in [0, 0.1) is 0 Å². The fourth-order valence-corrected chi connectivity index (χ4v) is 4.59. The first-order valence-corrected chi connectivity index (χ1v) is 12.1. The van der Waals surface area contributed by atoms with Gasteiger partial charge >= 0.3 is 5.97 Å². The molecule has 0 amide bonds. The summed E-state index contributed by atoms with van der Waals surface area (Å²) in [5.41, 5.74) is 3.63. The maximum Gasteiger partial charge on any atom is 0.337 e. The Hall–Kier alpha value is -3.53. The minimum Gasteiger partial charge on any atom is -0.465 e. The van der Waals surface area contributed by atoms with Gasteiger partial charge in [-0.15, -0.1) is 11.3 Å². The van der Waals surface area contributed by atoms with Crippen molar-refractivity contribution in [1.29, 1.82) is 0 Å². The lowest BCUT2D eigenvalue weighted by molar-refractivity contribution is 0.0600. The average Bonchev–Trinajstić information content (AvgIpc) is 3.21. The maximum atomic E-state index is 11.8. The van der Waals surface area contributed by atoms with Crippen LogP contribution in [0.3, 0.4) is 0 Å². The van der Waals surface area contributed by atoms with Gasteiger partial charge in [-0.2, -0.15) is 8.42 Å². The minimum atomic E-state index is -4.31. The van der Waals surface area contributed by atoms with E-state index in [2.05, 4.69) is 4.98 Å². The van der Waals surface area contributed by atoms with Crippen LogP contribution in [-0.2, 0) is 14.9 Å². The third-order valence-electron chi connectivity index (χ3n) is 4.92. The monoisotopic (exact) mass is 480 g/mol. The predicted octanol–water partition coefficient (Wildman–Crippen LogP) is 4.77. The molecule has 0 bridgehead atoms. The number of thiazole rings is 1. The molecule has 0 spiro atoms. The molecule has 3 aromatic rings. The van der Waals surface area contributed by atoms with Gasteiger partial charge in [0, 0.05) is 19.4 Å². The van der Waals surface area contributed by atoms with Crippen molar-refractivity contribution in [2.24, 2.45) is 0 Å². The fraction of sp³-hybridized carbons (Fsp3) is 0.0833. The van der Waals surface area contributed by atoms with Gasteiger partial charge in [-0.05, 0) is 71.3 Å². The van der Waals surface area contributed by atoms with Crippen LogP contribution < -0.4 is 0 Å². The Morgan fingerprint density at radius 3 is 2.39 bits per heavy atom. The summed E-state index contributed by atoms with van der Waals surface area (Å²) in [5.74, 6) is -0.410. The number of hydrogen-bond donors (Lipinski definition) is 1. The number of fused-ring (bicyclic) bond motifs is 1. The number of methoxy groups -OCH3 is 1. The largest absolute Gasteiger partial charge is 0.465 e. The predicted molar refractivity (Wildman–Crippen MR) is 129 cm³/mol. The van der Waals surface area contributed by atoms with E-state index in [9.17, 15) is 17.8 Å². The Bertz CT molecular complexity index is 1430. The number of allylic oxidation sites excluding steroid dienone is 5. The zero-order valence-corrected chi connectivity index (χ0v) is 19.4. The van der Waals surface area contributed by atoms with Crippen molar-refractivity contribution in [3.63, 3.8) is 0 Å². The fourth-order valence-electron chi connectivity index (χ4n) is 3.19. The van der Waals surface area contributed by atoms with Gasteiger partial charge in [-0.1, -0.05) is 12.1 Å². The van der Waals surface area contributed by atoms with E-state index in [1.165, 1.54) is 30.6 Å². The number of carbonyl (C=O) groups excluding carboxylic acids is 1. The first-order valence-electron chi connectivity index (χ1n) is 9.81. The van der Waals surface area contributed by atoms with E-state index in [4.69, 9.17) is 4.74 Å². The van der Waals surface area contributed by atoms with Crippen LogP contribution >= 0.6 is 11.3 Å². The molecule has 33 heavy (non-hydrogen) atoms. The number of hydrogen-bond acceptors (Lipinski definition) is 7. The Balaban J connectivity index is 1.79. The Kier molecular flexibility index (Phi) is 6.28. The van der Waals surface area contributed by atoms with Crippen LogP contribution in [-0.4, -0.2) is 43.0 Å². The molecular weight excluding hydrogens is 460 g/mol. The molecular formula is C24H20N2O5S2. The van der Waals surface area contributed by atoms with Crippen LogP contribution in [0.2, 0.25) is 0 Å². The number of esters is 1. The van der Waals surface area contributed by atoms with Crippen molar-refractivity contribution < 1.29 is 22.5 Å². The molecule has 0 radical (unpaired) electrons. The first kappa shape index (κ1) is 22.7. The summed E-state index contributed by atoms with van der Waals surface area (Å²) in [6.07, 6.45) is 11.7. The van der Waals surface area contributed by atoms with E-state index in [1.54, 1.807) is 18.2 Å². The number of carbonyl (C=O) groups is 1. The quantitative estimate of drug-likeness (QED) is 0.415. The molecule has 1 aliphatic rings. The average molecular weight is 481 g/mol. The van der Waals surface area contributed by atoms with Crippen molar-refractivity contribution in [2.45, 2.75) is 4.90 Å². The lowest BCUT2D eigenvalue weighted by Gasteiger charge is -2.12. The van der Waals surface area contributed by atoms with Crippen LogP contribution in [0.15, 0.2) is 83.6 Å². The van der Waals surface area contributed by atoms with Crippen molar-refractivity contribution in [1.82, 2.24) is 9.88 Å². The number of rotatable bonds is 5. The number of nitrogens with zero attached hydrogens (tertiary/aromatic N) is 2. The van der Waals surface area contributed by atoms with E-state index >= 15 is 0 Å². The molecule has 1 aliphatic heterocycles. The second-order valence-corrected chi connectivity index (χ2v) is 9.75. The van der Waals surface area contributed by atoms with Gasteiger partial charge < -0.3 is 9.64 Å². The molecule has 1 N–H and O–H groups in total. The smallest absolute Gasteiger partial charge is 0.337 e. The Morgan fingerprint density at radius 2 is 1.76 bits per heavy atom. The van der Waals surface area contributed by atoms with Crippen LogP contribution in [0.25, 0.3) is 21.9 Å². The second-order valence-electron chi connectivity index (χ2n) is 7.27. The van der Waals surface area contributed by atoms with Crippen LogP contribution in [0.1, 0.15) is 20.9 Å². The zero-order valence-electron chi connectivity index (χ0n) is 17.8. The summed E-state index contributed by atoms with van der Waals surface area (Å²) >= 11 is 1.40. The summed E-state index contributed by atoms with van der Waals surface area (Å²) in [4.78, 5) is 18.1. The van der Waals surface area contributed by atoms with Crippen molar-refractivity contribution in [3.8, 4) is 0 Å². The van der Waals surface area contributed by atoms with Gasteiger partial charge in [0.15, 0.2) is 0 Å². The van der Waals surface area contributed by atoms with Gasteiger partial charge in [-0.25, -0.2) is 9.78 Å². The van der Waals surface area contributed by atoms with E-state index < -0.39 is 16.1 Å². The SMILES string of the molecule is COC(=O)c1ccc(/C(C=C2C=CN(C)C=C2)=C\c2nc3cc(S(=O)(=O)O)ccc3s2)cc1. The van der Waals surface area contributed by atoms with Gasteiger partial charge in [-0.3, -0.25) is 4.55 Å². The Morgan fingerprint density at radius 1 is 1.09 bits per heavy atom. The lowest BCUT2D eigenvalue weighted by atomic mass is 10.0. The molecule has 7 nitrogen and oxygen atoms in total. The lowest BCUT2D eigenvalue weighted by Crippen LogP contribution is -2.03. The molecule has 1 aromatic heterocycles. The van der Waals surface area contributed by atoms with E-state index in [-0.39, 0.29) is 4.90 Å². The summed E-state index contributed by atoms with van der Waals surface area (Å²) in [6.45, 7) is 0. The molecule has 0 saturated heterocycles. The molecule has 2 aromatic carbocycles. The molecule has 0 atom stereocenters. The van der Waals surface area contributed by atoms with Crippen LogP contribution in [0.5, 0.6) is 0 Å². The highest BCUT2D eigenvalue weighted by atomic mass is 32.2. The number of ether oxygens (including phenoxy) is 1. The Labute approximate surface area is 195 Å². The van der Waals surface area contributed by atoms with Crippen molar-refractivity contribution >= 4 is 49.3 Å². The van der Waals surface area contributed by atoms with E-state index in [0.717, 1.165) is 21.4 Å². The third-order valence-corrected chi connectivity index (χ3v) is 6.75. The molecule has 4 rings (SSSR count). The molecule has 168 valence electrons. The first-order chi connectivity index (χ1) is 15.7. The topological polar surface area (TPSA) is 96.8 Å². The van der Waals surface area contributed by atoms with Gasteiger partial charge in [0.25, 0.3) is 10.1 Å². The summed E-state index contributed by atoms with van der Waals surface area (Å²) < 4.78 is 37.8. The van der Waals surface area contributed by atoms with Gasteiger partial charge in [0.05, 0.1) is 27.8 Å². The third kappa shape index (κ3) is 5.28. The molecule has 2 heterocycles. The number of benzene rings is 2. The molecule has 0 fully saturated rings. The highest BCUT2D eigenvalue weighted by molar-refractivity contribution is 7.85. The summed E-state index contributed by atoms with van der Waals surface area (Å²) in [5, 5.41) is 0.669. The zero-order chi connectivity index (χ0) is 23.6. The molecule has 0 aliphatic carbocycles. The van der Waals surface area contributed by atoms with Crippen molar-refractivity contribution in [3.05, 3.63) is 94.8 Å². The normalized spacial score (nSPS) is 14.1. The summed E-state index contributed by atoms with van der Waals surface area (Å²) in [6, 6.07) is 11.4. The van der Waals surface area contributed by atoms with E-state index in [1.807, 2.05) is 60.8 Å². The van der Waals surface area contributed by atoms with E-state index in [0.29, 0.717) is 16.1 Å². The molecule has 9 heteroatoms.